The van der Waals surface area contributed by atoms with Gasteiger partial charge in [0.15, 0.2) is 0 Å². The first-order valence-corrected chi connectivity index (χ1v) is 9.38. The van der Waals surface area contributed by atoms with E-state index >= 15 is 0 Å². The molecule has 0 aliphatic heterocycles. The van der Waals surface area contributed by atoms with Crippen LogP contribution in [0.2, 0.25) is 0 Å². The molecule has 1 aliphatic carbocycles. The highest BCUT2D eigenvalue weighted by molar-refractivity contribution is 8.00. The number of nitrogens with zero attached hydrogens (tertiary/aromatic N) is 2. The Hall–Kier alpha value is -1.82. The van der Waals surface area contributed by atoms with E-state index in [9.17, 15) is 4.79 Å². The Morgan fingerprint density at radius 2 is 2.00 bits per heavy atom. The van der Waals surface area contributed by atoms with Crippen LogP contribution in [0.4, 0.5) is 0 Å². The van der Waals surface area contributed by atoms with Crippen LogP contribution in [0.5, 0.6) is 0 Å². The SMILES string of the molecule is Cc1ccccc1-c1nnc(SC(C)C(=O)NC2CCCCC2)o1. The van der Waals surface area contributed by atoms with Crippen LogP contribution in [0.15, 0.2) is 33.9 Å². The lowest BCUT2D eigenvalue weighted by molar-refractivity contribution is -0.121. The maximum atomic E-state index is 12.3. The molecular weight excluding hydrogens is 322 g/mol. The molecule has 6 heteroatoms. The van der Waals surface area contributed by atoms with E-state index in [2.05, 4.69) is 15.5 Å². The maximum Gasteiger partial charge on any atom is 0.277 e. The smallest absolute Gasteiger partial charge is 0.277 e. The summed E-state index contributed by atoms with van der Waals surface area (Å²) < 4.78 is 5.72. The van der Waals surface area contributed by atoms with Gasteiger partial charge >= 0.3 is 0 Å². The summed E-state index contributed by atoms with van der Waals surface area (Å²) in [5, 5.41) is 11.5. The second-order valence-corrected chi connectivity index (χ2v) is 7.58. The average Bonchev–Trinajstić information content (AvgIpc) is 3.04. The monoisotopic (exact) mass is 345 g/mol. The van der Waals surface area contributed by atoms with Crippen molar-refractivity contribution in [1.82, 2.24) is 15.5 Å². The molecule has 128 valence electrons. The Bertz CT molecular complexity index is 695. The molecule has 1 aromatic carbocycles. The van der Waals surface area contributed by atoms with E-state index < -0.39 is 0 Å². The minimum Gasteiger partial charge on any atom is -0.411 e. The molecule has 1 saturated carbocycles. The minimum atomic E-state index is -0.253. The molecule has 1 fully saturated rings. The van der Waals surface area contributed by atoms with Crippen LogP contribution < -0.4 is 5.32 Å². The van der Waals surface area contributed by atoms with Crippen molar-refractivity contribution in [3.05, 3.63) is 29.8 Å². The number of nitrogens with one attached hydrogen (secondary N) is 1. The zero-order chi connectivity index (χ0) is 16.9. The summed E-state index contributed by atoms with van der Waals surface area (Å²) in [6.07, 6.45) is 5.86. The van der Waals surface area contributed by atoms with Crippen molar-refractivity contribution in [3.63, 3.8) is 0 Å². The van der Waals surface area contributed by atoms with Gasteiger partial charge in [-0.3, -0.25) is 4.79 Å². The Morgan fingerprint density at radius 3 is 2.75 bits per heavy atom. The van der Waals surface area contributed by atoms with E-state index in [0.717, 1.165) is 24.0 Å². The molecule has 24 heavy (non-hydrogen) atoms. The second kappa shape index (κ2) is 7.83. The first-order chi connectivity index (χ1) is 11.6. The van der Waals surface area contributed by atoms with Gasteiger partial charge in [0.1, 0.15) is 0 Å². The number of amides is 1. The Kier molecular flexibility index (Phi) is 5.56. The van der Waals surface area contributed by atoms with Gasteiger partial charge in [0.05, 0.1) is 5.25 Å². The predicted molar refractivity (Wildman–Crippen MR) is 94.8 cm³/mol. The molecule has 1 amide bonds. The van der Waals surface area contributed by atoms with Crippen LogP contribution in [-0.2, 0) is 4.79 Å². The van der Waals surface area contributed by atoms with Gasteiger partial charge in [0.25, 0.3) is 5.22 Å². The lowest BCUT2D eigenvalue weighted by Crippen LogP contribution is -2.40. The molecule has 1 unspecified atom stereocenters. The highest BCUT2D eigenvalue weighted by Crippen LogP contribution is 2.28. The maximum absolute atomic E-state index is 12.3. The molecule has 0 spiro atoms. The van der Waals surface area contributed by atoms with Crippen molar-refractivity contribution in [1.29, 1.82) is 0 Å². The summed E-state index contributed by atoms with van der Waals surface area (Å²) in [5.41, 5.74) is 2.01. The third-order valence-electron chi connectivity index (χ3n) is 4.38. The molecular formula is C18H23N3O2S. The number of thioether (sulfide) groups is 1. The van der Waals surface area contributed by atoms with E-state index in [0.29, 0.717) is 17.2 Å². The van der Waals surface area contributed by atoms with Crippen molar-refractivity contribution in [2.45, 2.75) is 62.5 Å². The summed E-state index contributed by atoms with van der Waals surface area (Å²) in [7, 11) is 0. The quantitative estimate of drug-likeness (QED) is 0.830. The zero-order valence-corrected chi connectivity index (χ0v) is 14.9. The van der Waals surface area contributed by atoms with Crippen molar-refractivity contribution in [2.24, 2.45) is 0 Å². The van der Waals surface area contributed by atoms with Crippen LogP contribution >= 0.6 is 11.8 Å². The van der Waals surface area contributed by atoms with Crippen molar-refractivity contribution in [3.8, 4) is 11.5 Å². The predicted octanol–water partition coefficient (Wildman–Crippen LogP) is 3.97. The molecule has 0 saturated heterocycles. The number of hydrogen-bond donors (Lipinski definition) is 1. The van der Waals surface area contributed by atoms with Gasteiger partial charge in [-0.1, -0.05) is 49.2 Å². The first kappa shape index (κ1) is 17.0. The number of carbonyl (C=O) groups excluding carboxylic acids is 1. The van der Waals surface area contributed by atoms with Gasteiger partial charge in [0, 0.05) is 11.6 Å². The number of hydrogen-bond acceptors (Lipinski definition) is 5. The fraction of sp³-hybridized carbons (Fsp3) is 0.500. The van der Waals surface area contributed by atoms with Crippen LogP contribution in [-0.4, -0.2) is 27.4 Å². The van der Waals surface area contributed by atoms with Gasteiger partial charge in [-0.05, 0) is 38.3 Å². The van der Waals surface area contributed by atoms with E-state index in [1.165, 1.54) is 31.0 Å². The molecule has 2 aromatic rings. The third-order valence-corrected chi connectivity index (χ3v) is 5.31. The normalized spacial score (nSPS) is 16.8. The summed E-state index contributed by atoms with van der Waals surface area (Å²) in [6.45, 7) is 3.88. The molecule has 0 bridgehead atoms. The number of aromatic nitrogens is 2. The lowest BCUT2D eigenvalue weighted by Gasteiger charge is -2.23. The Morgan fingerprint density at radius 1 is 1.25 bits per heavy atom. The van der Waals surface area contributed by atoms with E-state index in [1.54, 1.807) is 0 Å². The summed E-state index contributed by atoms with van der Waals surface area (Å²) in [4.78, 5) is 12.3. The van der Waals surface area contributed by atoms with Crippen LogP contribution in [0, 0.1) is 6.92 Å². The molecule has 1 aromatic heterocycles. The topological polar surface area (TPSA) is 68.0 Å². The average molecular weight is 345 g/mol. The fourth-order valence-electron chi connectivity index (χ4n) is 2.95. The molecule has 1 heterocycles. The summed E-state index contributed by atoms with van der Waals surface area (Å²) >= 11 is 1.31. The minimum absolute atomic E-state index is 0.0440. The van der Waals surface area contributed by atoms with Crippen LogP contribution in [0.1, 0.15) is 44.6 Å². The number of carbonyl (C=O) groups is 1. The Labute approximate surface area is 146 Å². The first-order valence-electron chi connectivity index (χ1n) is 8.50. The molecule has 3 rings (SSSR count). The standard InChI is InChI=1S/C18H23N3O2S/c1-12-8-6-7-11-15(12)17-20-21-18(23-17)24-13(2)16(22)19-14-9-4-3-5-10-14/h6-8,11,13-14H,3-5,9-10H2,1-2H3,(H,19,22). The zero-order valence-electron chi connectivity index (χ0n) is 14.1. The fourth-order valence-corrected chi connectivity index (χ4v) is 3.64. The van der Waals surface area contributed by atoms with Crippen LogP contribution in [0.25, 0.3) is 11.5 Å². The molecule has 1 N–H and O–H groups in total. The van der Waals surface area contributed by atoms with Gasteiger partial charge in [-0.15, -0.1) is 10.2 Å². The Balaban J connectivity index is 1.59. The third kappa shape index (κ3) is 4.17. The van der Waals surface area contributed by atoms with Crippen molar-refractivity contribution in [2.75, 3.05) is 0 Å². The van der Waals surface area contributed by atoms with Crippen molar-refractivity contribution >= 4 is 17.7 Å². The summed E-state index contributed by atoms with van der Waals surface area (Å²) in [6, 6.07) is 8.20. The molecule has 1 aliphatic rings. The number of benzene rings is 1. The van der Waals surface area contributed by atoms with E-state index in [1.807, 2.05) is 38.1 Å². The molecule has 0 radical (unpaired) electrons. The van der Waals surface area contributed by atoms with Crippen molar-refractivity contribution < 1.29 is 9.21 Å². The largest absolute Gasteiger partial charge is 0.411 e. The van der Waals surface area contributed by atoms with Gasteiger partial charge in [-0.2, -0.15) is 0 Å². The highest BCUT2D eigenvalue weighted by Gasteiger charge is 2.22. The lowest BCUT2D eigenvalue weighted by atomic mass is 9.95. The number of rotatable bonds is 5. The molecule has 1 atom stereocenters. The highest BCUT2D eigenvalue weighted by atomic mass is 32.2. The van der Waals surface area contributed by atoms with Gasteiger partial charge in [0.2, 0.25) is 11.8 Å². The van der Waals surface area contributed by atoms with Crippen LogP contribution in [0.3, 0.4) is 0 Å². The van der Waals surface area contributed by atoms with Gasteiger partial charge < -0.3 is 9.73 Å². The van der Waals surface area contributed by atoms with Gasteiger partial charge in [-0.25, -0.2) is 0 Å². The van der Waals surface area contributed by atoms with E-state index in [-0.39, 0.29) is 11.2 Å². The van der Waals surface area contributed by atoms with E-state index in [4.69, 9.17) is 4.42 Å². The molecule has 5 nitrogen and oxygen atoms in total. The summed E-state index contributed by atoms with van der Waals surface area (Å²) in [5.74, 6) is 0.540. The second-order valence-electron chi connectivity index (χ2n) is 6.29. The number of aryl methyl sites for hydroxylation is 1.